The van der Waals surface area contributed by atoms with Crippen LogP contribution in [0, 0.1) is 0 Å². The molecule has 200 valence electrons. The van der Waals surface area contributed by atoms with Crippen LogP contribution in [0.1, 0.15) is 69.2 Å². The molecule has 0 saturated heterocycles. The second-order valence-electron chi connectivity index (χ2n) is 7.48. The van der Waals surface area contributed by atoms with Crippen LogP contribution in [0.25, 0.3) is 0 Å². The summed E-state index contributed by atoms with van der Waals surface area (Å²) in [5.74, 6) is 0. The maximum Gasteiger partial charge on any atom is 0.0558 e. The van der Waals surface area contributed by atoms with Crippen molar-refractivity contribution < 1.29 is 84.3 Å². The maximum atomic E-state index is 8.48. The van der Waals surface area contributed by atoms with Crippen LogP contribution in [-0.4, -0.2) is 116 Å². The molecule has 0 aliphatic heterocycles. The van der Waals surface area contributed by atoms with Crippen LogP contribution in [0.5, 0.6) is 0 Å². The van der Waals surface area contributed by atoms with Gasteiger partial charge in [0.2, 0.25) is 0 Å². The number of aliphatic hydroxyl groups excluding tert-OH is 8. The molecular weight excluding hydrogens is 490 g/mol. The van der Waals surface area contributed by atoms with Gasteiger partial charge in [0.05, 0.1) is 19.8 Å². The molecule has 0 spiro atoms. The molecule has 11 heteroatoms. The van der Waals surface area contributed by atoms with Gasteiger partial charge in [-0.15, -0.1) is 0 Å². The van der Waals surface area contributed by atoms with E-state index in [2.05, 4.69) is 0 Å². The molecule has 0 aliphatic rings. The molecule has 32 heavy (non-hydrogen) atoms. The zero-order valence-electron chi connectivity index (χ0n) is 22.2. The van der Waals surface area contributed by atoms with Crippen LogP contribution in [0.4, 0.5) is 0 Å². The zero-order chi connectivity index (χ0) is 25.7. The molecule has 0 fully saturated rings. The third-order valence-electron chi connectivity index (χ3n) is 1.25. The van der Waals surface area contributed by atoms with Gasteiger partial charge in [0.1, 0.15) is 0 Å². The van der Waals surface area contributed by atoms with E-state index >= 15 is 0 Å². The number of rotatable bonds is 6. The summed E-state index contributed by atoms with van der Waals surface area (Å²) in [6.07, 6.45) is -0.833. The quantitative estimate of drug-likeness (QED) is 0.218. The molecule has 0 aromatic heterocycles. The summed E-state index contributed by atoms with van der Waals surface area (Å²) in [5.41, 5.74) is 0. The van der Waals surface area contributed by atoms with Crippen molar-refractivity contribution in [1.29, 1.82) is 0 Å². The Morgan fingerprint density at radius 3 is 0.562 bits per heavy atom. The predicted molar refractivity (Wildman–Crippen MR) is 124 cm³/mol. The molecule has 0 atom stereocenters. The topological polar surface area (TPSA) is 165 Å². The molecular formula is C21H55NO8Ti2. The molecule has 0 aromatic carbocycles. The van der Waals surface area contributed by atoms with Crippen molar-refractivity contribution in [1.82, 2.24) is 4.90 Å². The van der Waals surface area contributed by atoms with E-state index < -0.39 is 0 Å². The second-order valence-corrected chi connectivity index (χ2v) is 7.48. The smallest absolute Gasteiger partial charge is 0.0558 e. The van der Waals surface area contributed by atoms with Gasteiger partial charge >= 0.3 is 0 Å². The van der Waals surface area contributed by atoms with Gasteiger partial charge in [-0.25, -0.2) is 0 Å². The van der Waals surface area contributed by atoms with E-state index in [1.807, 2.05) is 0 Å². The van der Waals surface area contributed by atoms with E-state index in [0.717, 1.165) is 0 Å². The normalized spacial score (nSPS) is 9.00. The number of hydrogen-bond acceptors (Lipinski definition) is 9. The van der Waals surface area contributed by atoms with E-state index in [4.69, 9.17) is 40.9 Å². The van der Waals surface area contributed by atoms with Crippen LogP contribution in [0.2, 0.25) is 0 Å². The van der Waals surface area contributed by atoms with E-state index in [9.17, 15) is 0 Å². The third kappa shape index (κ3) is 277. The third-order valence-corrected chi connectivity index (χ3v) is 1.25. The van der Waals surface area contributed by atoms with Crippen molar-refractivity contribution >= 4 is 0 Å². The Labute approximate surface area is 227 Å². The first kappa shape index (κ1) is 54.1. The Morgan fingerprint density at radius 2 is 0.500 bits per heavy atom. The van der Waals surface area contributed by atoms with Gasteiger partial charge in [-0.3, -0.25) is 4.90 Å². The van der Waals surface area contributed by atoms with Crippen molar-refractivity contribution in [3.05, 3.63) is 0 Å². The van der Waals surface area contributed by atoms with Crippen molar-refractivity contribution in [3.8, 4) is 0 Å². The van der Waals surface area contributed by atoms with Crippen LogP contribution >= 0.6 is 0 Å². The van der Waals surface area contributed by atoms with Crippen molar-refractivity contribution in [2.45, 2.75) is 99.8 Å². The summed E-state index contributed by atoms with van der Waals surface area (Å²) >= 11 is 0. The fraction of sp³-hybridized carbons (Fsp3) is 1.00. The molecule has 0 bridgehead atoms. The molecule has 8 N–H and O–H groups in total. The Kier molecular flexibility index (Phi) is 83.3. The van der Waals surface area contributed by atoms with E-state index in [1.54, 1.807) is 74.1 Å². The maximum absolute atomic E-state index is 8.48. The summed E-state index contributed by atoms with van der Waals surface area (Å²) in [7, 11) is 0. The zero-order valence-corrected chi connectivity index (χ0v) is 25.3. The average Bonchev–Trinajstić information content (AvgIpc) is 2.45. The number of nitrogens with zero attached hydrogens (tertiary/aromatic N) is 1. The van der Waals surface area contributed by atoms with Crippen molar-refractivity contribution in [2.75, 3.05) is 39.5 Å². The van der Waals surface area contributed by atoms with Gasteiger partial charge in [-0.1, -0.05) is 0 Å². The summed E-state index contributed by atoms with van der Waals surface area (Å²) in [6, 6.07) is 0. The van der Waals surface area contributed by atoms with E-state index in [-0.39, 0.29) is 93.8 Å². The number of hydrogen-bond donors (Lipinski definition) is 8. The van der Waals surface area contributed by atoms with Gasteiger partial charge < -0.3 is 40.9 Å². The van der Waals surface area contributed by atoms with Gasteiger partial charge in [-0.2, -0.15) is 0 Å². The van der Waals surface area contributed by atoms with Gasteiger partial charge in [0.25, 0.3) is 0 Å². The fourth-order valence-electron chi connectivity index (χ4n) is 0.760. The Hall–Kier alpha value is 1.07. The summed E-state index contributed by atoms with van der Waals surface area (Å²) in [6.45, 7) is 19.0. The monoisotopic (exact) mass is 545 g/mol. The molecule has 0 aromatic rings. The molecule has 0 rings (SSSR count). The molecule has 0 heterocycles. The Balaban J connectivity index is -0.0000000378. The molecule has 9 nitrogen and oxygen atoms in total. The van der Waals surface area contributed by atoms with Gasteiger partial charge in [0.15, 0.2) is 0 Å². The standard InChI is InChI=1S/C6H15NO3.5C3H8O.2Ti/c8-4-1-7(2-5-9)3-6-10;5*1-3(2)4;;/h8-10H,1-6H2;5*3-4H,1-2H3;;. The van der Waals surface area contributed by atoms with Crippen LogP contribution in [0.3, 0.4) is 0 Å². The molecule has 0 aliphatic carbocycles. The minimum Gasteiger partial charge on any atom is -0.395 e. The van der Waals surface area contributed by atoms with E-state index in [1.165, 1.54) is 0 Å². The van der Waals surface area contributed by atoms with Crippen LogP contribution in [-0.2, 0) is 43.4 Å². The van der Waals surface area contributed by atoms with Crippen LogP contribution < -0.4 is 0 Å². The van der Waals surface area contributed by atoms with Gasteiger partial charge in [-0.05, 0) is 69.2 Å². The largest absolute Gasteiger partial charge is 0.395 e. The van der Waals surface area contributed by atoms with Crippen LogP contribution in [0.15, 0.2) is 0 Å². The second kappa shape index (κ2) is 49.3. The predicted octanol–water partition coefficient (Wildman–Crippen LogP) is 0.196. The number of aliphatic hydroxyl groups is 8. The minimum absolute atomic E-state index is 0. The molecule has 0 amide bonds. The Morgan fingerprint density at radius 1 is 0.406 bits per heavy atom. The summed E-state index contributed by atoms with van der Waals surface area (Å²) < 4.78 is 0. The summed E-state index contributed by atoms with van der Waals surface area (Å²) in [4.78, 5) is 1.79. The first-order chi connectivity index (χ1) is 13.5. The Bertz CT molecular complexity index is 189. The molecule has 0 radical (unpaired) electrons. The molecule has 0 saturated carbocycles. The summed E-state index contributed by atoms with van der Waals surface area (Å²) in [5, 5.41) is 65.7. The SMILES string of the molecule is CC(C)O.CC(C)O.CC(C)O.CC(C)O.CC(C)O.OCCN(CCO)CCO.[Ti].[Ti]. The van der Waals surface area contributed by atoms with Gasteiger partial charge in [0, 0.05) is 93.6 Å². The van der Waals surface area contributed by atoms with E-state index in [0.29, 0.717) is 19.6 Å². The van der Waals surface area contributed by atoms with Crippen molar-refractivity contribution in [2.24, 2.45) is 0 Å². The first-order valence-electron chi connectivity index (χ1n) is 10.5. The average molecular weight is 545 g/mol. The van der Waals surface area contributed by atoms with Crippen molar-refractivity contribution in [3.63, 3.8) is 0 Å². The fourth-order valence-corrected chi connectivity index (χ4v) is 0.760. The minimum atomic E-state index is -0.167. The molecule has 0 unspecified atom stereocenters. The first-order valence-corrected chi connectivity index (χ1v) is 10.5.